The number of nitrogens with two attached hydrogens (primary N) is 1. The molecule has 0 aliphatic carbocycles. The van der Waals surface area contributed by atoms with Crippen LogP contribution in [0.15, 0.2) is 53.4 Å². The first kappa shape index (κ1) is 21.6. The van der Waals surface area contributed by atoms with E-state index in [-0.39, 0.29) is 11.7 Å². The van der Waals surface area contributed by atoms with E-state index in [4.69, 9.17) is 5.73 Å². The van der Waals surface area contributed by atoms with Gasteiger partial charge < -0.3 is 15.7 Å². The van der Waals surface area contributed by atoms with Crippen molar-refractivity contribution in [1.29, 1.82) is 0 Å². The van der Waals surface area contributed by atoms with Crippen molar-refractivity contribution in [3.63, 3.8) is 0 Å². The van der Waals surface area contributed by atoms with E-state index >= 15 is 0 Å². The fourth-order valence-electron chi connectivity index (χ4n) is 2.73. The Kier molecular flexibility index (Phi) is 7.97. The second-order valence-electron chi connectivity index (χ2n) is 6.23. The molecule has 2 unspecified atom stereocenters. The van der Waals surface area contributed by atoms with Crippen molar-refractivity contribution in [3.05, 3.63) is 59.7 Å². The molecular formula is C19H24F3N3OS. The fraction of sp³-hybridized carbons (Fsp3) is 0.368. The first-order chi connectivity index (χ1) is 12.9. The molecule has 0 aromatic heterocycles. The lowest BCUT2D eigenvalue weighted by Crippen LogP contribution is -2.36. The zero-order valence-electron chi connectivity index (χ0n) is 15.0. The van der Waals surface area contributed by atoms with Crippen molar-refractivity contribution >= 4 is 17.6 Å². The molecule has 4 nitrogen and oxygen atoms in total. The number of benzene rings is 2. The number of para-hydroxylation sites is 1. The zero-order valence-corrected chi connectivity index (χ0v) is 15.8. The normalized spacial score (nSPS) is 14.0. The van der Waals surface area contributed by atoms with Gasteiger partial charge in [0, 0.05) is 10.9 Å². The maximum absolute atomic E-state index is 13.1. The summed E-state index contributed by atoms with van der Waals surface area (Å²) in [5.74, 6) is 0. The maximum atomic E-state index is 13.1. The molecule has 5 N–H and O–H groups in total. The van der Waals surface area contributed by atoms with Crippen molar-refractivity contribution in [1.82, 2.24) is 5.48 Å². The zero-order chi connectivity index (χ0) is 19.9. The van der Waals surface area contributed by atoms with Gasteiger partial charge in [0.2, 0.25) is 0 Å². The highest BCUT2D eigenvalue weighted by Crippen LogP contribution is 2.36. The second kappa shape index (κ2) is 9.98. The minimum absolute atomic E-state index is 0.00289. The number of hydroxylamine groups is 1. The molecule has 2 rings (SSSR count). The molecule has 0 aliphatic heterocycles. The van der Waals surface area contributed by atoms with Crippen LogP contribution in [-0.4, -0.2) is 11.2 Å². The van der Waals surface area contributed by atoms with E-state index in [1.165, 1.54) is 12.1 Å². The van der Waals surface area contributed by atoms with Gasteiger partial charge in [-0.25, -0.2) is 0 Å². The van der Waals surface area contributed by atoms with Crippen molar-refractivity contribution < 1.29 is 18.4 Å². The summed E-state index contributed by atoms with van der Waals surface area (Å²) in [6.07, 6.45) is -1.72. The van der Waals surface area contributed by atoms with Crippen LogP contribution in [0, 0.1) is 0 Å². The van der Waals surface area contributed by atoms with Gasteiger partial charge in [-0.1, -0.05) is 44.0 Å². The van der Waals surface area contributed by atoms with Gasteiger partial charge in [-0.3, -0.25) is 0 Å². The smallest absolute Gasteiger partial charge is 0.326 e. The van der Waals surface area contributed by atoms with E-state index in [0.717, 1.165) is 42.8 Å². The van der Waals surface area contributed by atoms with E-state index in [9.17, 15) is 18.4 Å². The Morgan fingerprint density at radius 2 is 1.89 bits per heavy atom. The van der Waals surface area contributed by atoms with E-state index < -0.39 is 17.8 Å². The number of halogens is 3. The largest absolute Gasteiger partial charge is 0.418 e. The monoisotopic (exact) mass is 399 g/mol. The molecule has 0 saturated heterocycles. The lowest BCUT2D eigenvalue weighted by atomic mass is 9.97. The molecule has 0 fully saturated rings. The van der Waals surface area contributed by atoms with Gasteiger partial charge in [0.15, 0.2) is 0 Å². The van der Waals surface area contributed by atoms with Gasteiger partial charge in [-0.2, -0.15) is 18.7 Å². The molecule has 0 saturated carbocycles. The minimum Gasteiger partial charge on any atom is -0.326 e. The highest BCUT2D eigenvalue weighted by Gasteiger charge is 2.33. The summed E-state index contributed by atoms with van der Waals surface area (Å²) in [5.41, 5.74) is 8.47. The third-order valence-corrected chi connectivity index (χ3v) is 5.00. The third-order valence-electron chi connectivity index (χ3n) is 4.19. The molecule has 2 aromatic carbocycles. The Balaban J connectivity index is 2.12. The Morgan fingerprint density at radius 1 is 1.15 bits per heavy atom. The molecule has 0 bridgehead atoms. The third kappa shape index (κ3) is 6.14. The lowest BCUT2D eigenvalue weighted by Gasteiger charge is -2.23. The number of alkyl halides is 3. The van der Waals surface area contributed by atoms with Gasteiger partial charge in [0.25, 0.3) is 0 Å². The summed E-state index contributed by atoms with van der Waals surface area (Å²) in [6.45, 7) is 2.07. The average Bonchev–Trinajstić information content (AvgIpc) is 2.65. The topological polar surface area (TPSA) is 70.3 Å². The van der Waals surface area contributed by atoms with E-state index in [1.807, 2.05) is 6.07 Å². The van der Waals surface area contributed by atoms with Gasteiger partial charge in [0.05, 0.1) is 17.3 Å². The SMILES string of the molecule is CCCCC(N)C(NO)c1cccc(SNc2ccccc2C(F)(F)F)c1. The van der Waals surface area contributed by atoms with Gasteiger partial charge in [-0.15, -0.1) is 0 Å². The van der Waals surface area contributed by atoms with Crippen LogP contribution in [0.1, 0.15) is 43.4 Å². The highest BCUT2D eigenvalue weighted by molar-refractivity contribution is 8.00. The first-order valence-electron chi connectivity index (χ1n) is 8.71. The lowest BCUT2D eigenvalue weighted by molar-refractivity contribution is -0.136. The van der Waals surface area contributed by atoms with Crippen molar-refractivity contribution in [2.24, 2.45) is 5.73 Å². The molecular weight excluding hydrogens is 375 g/mol. The van der Waals surface area contributed by atoms with Crippen LogP contribution in [0.25, 0.3) is 0 Å². The Labute approximate surface area is 161 Å². The number of unbranched alkanes of at least 4 members (excludes halogenated alkanes) is 1. The number of anilines is 1. The first-order valence-corrected chi connectivity index (χ1v) is 9.52. The molecule has 0 spiro atoms. The molecule has 27 heavy (non-hydrogen) atoms. The van der Waals surface area contributed by atoms with Crippen LogP contribution < -0.4 is 15.9 Å². The van der Waals surface area contributed by atoms with Crippen LogP contribution in [0.3, 0.4) is 0 Å². The Morgan fingerprint density at radius 3 is 2.56 bits per heavy atom. The molecule has 0 radical (unpaired) electrons. The minimum atomic E-state index is -4.43. The summed E-state index contributed by atoms with van der Waals surface area (Å²) >= 11 is 1.08. The molecule has 8 heteroatoms. The summed E-state index contributed by atoms with van der Waals surface area (Å²) in [5, 5.41) is 9.50. The summed E-state index contributed by atoms with van der Waals surface area (Å²) in [7, 11) is 0. The van der Waals surface area contributed by atoms with Crippen LogP contribution >= 0.6 is 11.9 Å². The summed E-state index contributed by atoms with van der Waals surface area (Å²) in [4.78, 5) is 0.715. The molecule has 2 aromatic rings. The number of hydrogen-bond acceptors (Lipinski definition) is 5. The van der Waals surface area contributed by atoms with Crippen LogP contribution in [0.4, 0.5) is 18.9 Å². The number of nitrogens with one attached hydrogen (secondary N) is 2. The number of hydrogen-bond donors (Lipinski definition) is 4. The van der Waals surface area contributed by atoms with Gasteiger partial charge >= 0.3 is 6.18 Å². The predicted molar refractivity (Wildman–Crippen MR) is 103 cm³/mol. The molecule has 0 aliphatic rings. The van der Waals surface area contributed by atoms with Crippen molar-refractivity contribution in [2.45, 2.75) is 49.3 Å². The second-order valence-corrected chi connectivity index (χ2v) is 7.11. The standard InChI is InChI=1S/C19H24F3N3OS/c1-2-3-10-16(23)18(24-26)13-7-6-8-14(12-13)27-25-17-11-5-4-9-15(17)19(20,21)22/h4-9,11-12,16,18,24-26H,2-3,10,23H2,1H3. The molecule has 2 atom stereocenters. The van der Waals surface area contributed by atoms with Gasteiger partial charge in [-0.05, 0) is 48.2 Å². The summed E-state index contributed by atoms with van der Waals surface area (Å²) < 4.78 is 42.0. The van der Waals surface area contributed by atoms with E-state index in [2.05, 4.69) is 17.1 Å². The fourth-order valence-corrected chi connectivity index (χ4v) is 3.48. The molecule has 148 valence electrons. The van der Waals surface area contributed by atoms with Crippen molar-refractivity contribution in [2.75, 3.05) is 4.72 Å². The van der Waals surface area contributed by atoms with Crippen LogP contribution in [-0.2, 0) is 6.18 Å². The van der Waals surface area contributed by atoms with Crippen LogP contribution in [0.5, 0.6) is 0 Å². The van der Waals surface area contributed by atoms with E-state index in [1.54, 1.807) is 24.3 Å². The van der Waals surface area contributed by atoms with Crippen LogP contribution in [0.2, 0.25) is 0 Å². The quantitative estimate of drug-likeness (QED) is 0.337. The Hall–Kier alpha value is -1.74. The summed E-state index contributed by atoms with van der Waals surface area (Å²) in [6, 6.07) is 11.8. The van der Waals surface area contributed by atoms with Gasteiger partial charge in [0.1, 0.15) is 0 Å². The molecule has 0 heterocycles. The average molecular weight is 399 g/mol. The van der Waals surface area contributed by atoms with Crippen molar-refractivity contribution in [3.8, 4) is 0 Å². The molecule has 0 amide bonds. The number of rotatable bonds is 9. The van der Waals surface area contributed by atoms with E-state index in [0.29, 0.717) is 4.90 Å². The highest BCUT2D eigenvalue weighted by atomic mass is 32.2. The predicted octanol–water partition coefficient (Wildman–Crippen LogP) is 5.36. The Bertz CT molecular complexity index is 727. The maximum Gasteiger partial charge on any atom is 0.418 e.